The van der Waals surface area contributed by atoms with Gasteiger partial charge in [-0.3, -0.25) is 14.4 Å². The summed E-state index contributed by atoms with van der Waals surface area (Å²) in [6.07, 6.45) is -1.75. The topological polar surface area (TPSA) is 212 Å². The van der Waals surface area contributed by atoms with Crippen molar-refractivity contribution in [2.24, 2.45) is 0 Å². The van der Waals surface area contributed by atoms with Crippen LogP contribution in [0.15, 0.2) is 0 Å². The molecule has 0 rings (SSSR count). The molecule has 0 radical (unpaired) electrons. The predicted molar refractivity (Wildman–Crippen MR) is 101 cm³/mol. The Morgan fingerprint density at radius 1 is 0.567 bits per heavy atom. The molecule has 0 aliphatic heterocycles. The quantitative estimate of drug-likeness (QED) is 0.300. The van der Waals surface area contributed by atoms with Gasteiger partial charge in [-0.2, -0.15) is 0 Å². The molecular weight excluding hydrogens is 419 g/mol. The number of carboxylic acid groups (broad SMARTS) is 3. The third-order valence-electron chi connectivity index (χ3n) is 1.18. The van der Waals surface area contributed by atoms with Gasteiger partial charge in [0.15, 0.2) is 0 Å². The maximum absolute atomic E-state index is 9.83. The summed E-state index contributed by atoms with van der Waals surface area (Å²) in [6, 6.07) is 0. The van der Waals surface area contributed by atoms with Crippen LogP contribution in [0, 0.1) is 0 Å². The average Bonchev–Trinajstić information content (AvgIpc) is 2.32. The summed E-state index contributed by atoms with van der Waals surface area (Å²) in [7, 11) is 0. The van der Waals surface area contributed by atoms with Crippen LogP contribution in [0.4, 0.5) is 0 Å². The standard InChI is InChI=1S/3C4H6O3.2C3H8O.Al/c3*1-3(5)2-4(6)7;2*1-3(2)4;/h3*2H2,1H3,(H,6,7);2*3-4H,1-2H3;/q;;;;;+3/p-3. The molecule has 11 nitrogen and oxygen atoms in total. The summed E-state index contributed by atoms with van der Waals surface area (Å²) in [5.74, 6) is -5.06. The summed E-state index contributed by atoms with van der Waals surface area (Å²) in [4.78, 5) is 57.9. The number of carbonyl (C=O) groups excluding carboxylic acids is 6. The Morgan fingerprint density at radius 2 is 0.667 bits per heavy atom. The molecule has 0 aliphatic rings. The molecule has 0 saturated carbocycles. The van der Waals surface area contributed by atoms with Crippen LogP contribution in [0.25, 0.3) is 0 Å². The Hall–Kier alpha value is -2.13. The number of aliphatic hydroxyl groups is 2. The molecule has 0 atom stereocenters. The van der Waals surface area contributed by atoms with Crippen LogP contribution in [0.5, 0.6) is 0 Å². The zero-order chi connectivity index (χ0) is 24.7. The SMILES string of the molecule is CC(=O)CC(=O)[O-].CC(=O)CC(=O)[O-].CC(=O)CC(=O)[O-].CC(C)O.CC(C)O.[Al+3]. The molecule has 0 aromatic rings. The minimum atomic E-state index is -1.31. The van der Waals surface area contributed by atoms with Gasteiger partial charge in [-0.25, -0.2) is 0 Å². The molecule has 0 saturated heterocycles. The van der Waals surface area contributed by atoms with Crippen molar-refractivity contribution in [3.8, 4) is 0 Å². The molecule has 0 aromatic heterocycles. The second kappa shape index (κ2) is 29.1. The average molecular weight is 450 g/mol. The number of hydrogen-bond acceptors (Lipinski definition) is 11. The van der Waals surface area contributed by atoms with Crippen LogP contribution in [0.3, 0.4) is 0 Å². The first-order valence-electron chi connectivity index (χ1n) is 8.28. The maximum Gasteiger partial charge on any atom is 3.00 e. The molecule has 0 bridgehead atoms. The number of Topliss-reactive ketones (excluding diaryl/α,β-unsaturated/α-hetero) is 3. The van der Waals surface area contributed by atoms with Gasteiger partial charge >= 0.3 is 17.4 Å². The van der Waals surface area contributed by atoms with Crippen LogP contribution in [-0.4, -0.2) is 75.0 Å². The summed E-state index contributed by atoms with van der Waals surface area (Å²) in [6.45, 7) is 10.5. The van der Waals surface area contributed by atoms with Crippen LogP contribution >= 0.6 is 0 Å². The van der Waals surface area contributed by atoms with E-state index in [-0.39, 0.29) is 46.9 Å². The van der Waals surface area contributed by atoms with Gasteiger partial charge in [-0.15, -0.1) is 0 Å². The molecule has 12 heteroatoms. The van der Waals surface area contributed by atoms with Gasteiger partial charge in [0.25, 0.3) is 0 Å². The van der Waals surface area contributed by atoms with Crippen molar-refractivity contribution < 1.29 is 54.3 Å². The number of rotatable bonds is 6. The van der Waals surface area contributed by atoms with E-state index in [2.05, 4.69) is 0 Å². The molecule has 0 fully saturated rings. The Morgan fingerprint density at radius 3 is 0.667 bits per heavy atom. The second-order valence-electron chi connectivity index (χ2n) is 5.94. The zero-order valence-electron chi connectivity index (χ0n) is 18.4. The minimum absolute atomic E-state index is 0. The molecule has 0 aromatic carbocycles. The van der Waals surface area contributed by atoms with Crippen LogP contribution in [0.1, 0.15) is 67.7 Å². The van der Waals surface area contributed by atoms with E-state index >= 15 is 0 Å². The normalized spacial score (nSPS) is 8.10. The summed E-state index contributed by atoms with van der Waals surface area (Å²) in [5, 5.41) is 44.5. The number of carboxylic acids is 3. The number of carbonyl (C=O) groups is 6. The minimum Gasteiger partial charge on any atom is -0.550 e. The summed E-state index contributed by atoms with van der Waals surface area (Å²) < 4.78 is 0. The van der Waals surface area contributed by atoms with Crippen molar-refractivity contribution in [3.63, 3.8) is 0 Å². The molecular formula is C18H31AlO11. The van der Waals surface area contributed by atoms with Gasteiger partial charge in [-0.05, 0) is 48.5 Å². The van der Waals surface area contributed by atoms with E-state index in [0.717, 1.165) is 0 Å². The monoisotopic (exact) mass is 450 g/mol. The molecule has 2 N–H and O–H groups in total. The molecule has 0 amide bonds. The Labute approximate surface area is 187 Å². The van der Waals surface area contributed by atoms with Crippen molar-refractivity contribution in [2.45, 2.75) is 79.9 Å². The van der Waals surface area contributed by atoms with Crippen molar-refractivity contribution in [1.82, 2.24) is 0 Å². The third kappa shape index (κ3) is 164. The van der Waals surface area contributed by atoms with E-state index in [1.165, 1.54) is 20.8 Å². The fraction of sp³-hybridized carbons (Fsp3) is 0.667. The summed E-state index contributed by atoms with van der Waals surface area (Å²) >= 11 is 0. The maximum atomic E-state index is 9.83. The molecule has 0 aliphatic carbocycles. The van der Waals surface area contributed by atoms with Gasteiger partial charge in [0, 0.05) is 49.4 Å². The van der Waals surface area contributed by atoms with E-state index in [9.17, 15) is 44.1 Å². The van der Waals surface area contributed by atoms with Gasteiger partial charge < -0.3 is 39.9 Å². The van der Waals surface area contributed by atoms with Crippen LogP contribution in [0.2, 0.25) is 0 Å². The van der Waals surface area contributed by atoms with Crippen LogP contribution in [-0.2, 0) is 28.8 Å². The van der Waals surface area contributed by atoms with Gasteiger partial charge in [-0.1, -0.05) is 0 Å². The summed E-state index contributed by atoms with van der Waals surface area (Å²) in [5.41, 5.74) is 0. The predicted octanol–water partition coefficient (Wildman–Crippen LogP) is -3.46. The molecule has 30 heavy (non-hydrogen) atoms. The van der Waals surface area contributed by atoms with Crippen molar-refractivity contribution in [1.29, 1.82) is 0 Å². The first-order chi connectivity index (χ1) is 12.8. The van der Waals surface area contributed by atoms with Gasteiger partial charge in [0.2, 0.25) is 0 Å². The molecule has 172 valence electrons. The van der Waals surface area contributed by atoms with E-state index < -0.39 is 37.2 Å². The Kier molecular flexibility index (Phi) is 40.8. The van der Waals surface area contributed by atoms with E-state index in [1.807, 2.05) is 0 Å². The number of ketones is 3. The number of aliphatic carboxylic acids is 3. The zero-order valence-corrected chi connectivity index (χ0v) is 19.6. The Bertz CT molecular complexity index is 391. The van der Waals surface area contributed by atoms with Crippen LogP contribution < -0.4 is 15.3 Å². The van der Waals surface area contributed by atoms with Gasteiger partial charge in [0.1, 0.15) is 17.3 Å². The van der Waals surface area contributed by atoms with Crippen molar-refractivity contribution in [3.05, 3.63) is 0 Å². The molecule has 0 unspecified atom stereocenters. The van der Waals surface area contributed by atoms with Crippen molar-refractivity contribution in [2.75, 3.05) is 0 Å². The first-order valence-corrected chi connectivity index (χ1v) is 8.28. The van der Waals surface area contributed by atoms with Crippen molar-refractivity contribution >= 4 is 52.6 Å². The number of hydrogen-bond donors (Lipinski definition) is 2. The first kappa shape index (κ1) is 42.1. The largest absolute Gasteiger partial charge is 3.00 e. The fourth-order valence-electron chi connectivity index (χ4n) is 0.610. The second-order valence-corrected chi connectivity index (χ2v) is 5.94. The molecule has 0 heterocycles. The Balaban J connectivity index is -0.0000000608. The van der Waals surface area contributed by atoms with E-state index in [4.69, 9.17) is 10.2 Å². The smallest absolute Gasteiger partial charge is 0.550 e. The van der Waals surface area contributed by atoms with Gasteiger partial charge in [0.05, 0.1) is 0 Å². The fourth-order valence-corrected chi connectivity index (χ4v) is 0.610. The molecule has 0 spiro atoms. The van der Waals surface area contributed by atoms with E-state index in [0.29, 0.717) is 0 Å². The number of aliphatic hydroxyl groups excluding tert-OH is 2. The third-order valence-corrected chi connectivity index (χ3v) is 1.18. The van der Waals surface area contributed by atoms with E-state index in [1.54, 1.807) is 27.7 Å².